The van der Waals surface area contributed by atoms with Crippen molar-refractivity contribution < 1.29 is 4.92 Å². The first-order valence-electron chi connectivity index (χ1n) is 4.19. The number of nitro groups is 1. The molecular weight excluding hydrogens is 218 g/mol. The first-order valence-corrected chi connectivity index (χ1v) is 4.57. The number of halogens is 1. The van der Waals surface area contributed by atoms with Crippen LogP contribution >= 0.6 is 11.6 Å². The minimum Gasteiger partial charge on any atom is -0.366 e. The average molecular weight is 228 g/mol. The third-order valence-electron chi connectivity index (χ3n) is 1.56. The summed E-state index contributed by atoms with van der Waals surface area (Å²) in [6.45, 7) is 6.04. The van der Waals surface area contributed by atoms with Gasteiger partial charge in [0.2, 0.25) is 0 Å². The second-order valence-corrected chi connectivity index (χ2v) is 3.49. The van der Waals surface area contributed by atoms with E-state index in [-0.39, 0.29) is 10.8 Å². The Hall–Kier alpha value is -1.62. The molecule has 0 radical (unpaired) electrons. The van der Waals surface area contributed by atoms with Crippen molar-refractivity contribution in [2.24, 2.45) is 0 Å². The normalized spacial score (nSPS) is 9.73. The molecule has 0 amide bonds. The van der Waals surface area contributed by atoms with E-state index in [0.29, 0.717) is 12.4 Å². The van der Waals surface area contributed by atoms with Crippen LogP contribution in [0.25, 0.3) is 0 Å². The standard InChI is InChI=1S/C9H10ClN3O2/c1-6(2)5-11-9-4-7(13(14)15)3-8(10)12-9/h3-4H,1,5H2,2H3,(H,11,12). The van der Waals surface area contributed by atoms with Gasteiger partial charge in [0.1, 0.15) is 11.0 Å². The van der Waals surface area contributed by atoms with Gasteiger partial charge < -0.3 is 5.32 Å². The van der Waals surface area contributed by atoms with Crippen molar-refractivity contribution in [2.75, 3.05) is 11.9 Å². The van der Waals surface area contributed by atoms with Crippen LogP contribution in [0.4, 0.5) is 11.5 Å². The zero-order chi connectivity index (χ0) is 11.4. The smallest absolute Gasteiger partial charge is 0.276 e. The fourth-order valence-corrected chi connectivity index (χ4v) is 1.12. The van der Waals surface area contributed by atoms with Crippen molar-refractivity contribution in [1.82, 2.24) is 4.98 Å². The molecule has 0 aliphatic carbocycles. The van der Waals surface area contributed by atoms with Gasteiger partial charge in [0.15, 0.2) is 0 Å². The van der Waals surface area contributed by atoms with Crippen LogP contribution in [0.1, 0.15) is 6.92 Å². The van der Waals surface area contributed by atoms with E-state index in [9.17, 15) is 10.1 Å². The van der Waals surface area contributed by atoms with E-state index in [1.165, 1.54) is 12.1 Å². The molecular formula is C9H10ClN3O2. The third-order valence-corrected chi connectivity index (χ3v) is 1.75. The maximum Gasteiger partial charge on any atom is 0.276 e. The monoisotopic (exact) mass is 227 g/mol. The molecule has 1 aromatic rings. The lowest BCUT2D eigenvalue weighted by Gasteiger charge is -2.04. The molecule has 0 unspecified atom stereocenters. The van der Waals surface area contributed by atoms with Crippen molar-refractivity contribution in [1.29, 1.82) is 0 Å². The molecule has 1 aromatic heterocycles. The largest absolute Gasteiger partial charge is 0.366 e. The molecule has 0 aromatic carbocycles. The fraction of sp³-hybridized carbons (Fsp3) is 0.222. The summed E-state index contributed by atoms with van der Waals surface area (Å²) in [5.74, 6) is 0.372. The molecule has 0 spiro atoms. The molecule has 0 bridgehead atoms. The van der Waals surface area contributed by atoms with Gasteiger partial charge in [0, 0.05) is 6.54 Å². The second-order valence-electron chi connectivity index (χ2n) is 3.10. The lowest BCUT2D eigenvalue weighted by atomic mass is 10.3. The first-order chi connectivity index (χ1) is 6.99. The number of nitrogens with one attached hydrogen (secondary N) is 1. The summed E-state index contributed by atoms with van der Waals surface area (Å²) in [5, 5.41) is 13.5. The number of hydrogen-bond acceptors (Lipinski definition) is 4. The molecule has 1 heterocycles. The van der Waals surface area contributed by atoms with Gasteiger partial charge in [-0.25, -0.2) is 4.98 Å². The molecule has 6 heteroatoms. The summed E-state index contributed by atoms with van der Waals surface area (Å²) < 4.78 is 0. The predicted octanol–water partition coefficient (Wildman–Crippen LogP) is 2.63. The Morgan fingerprint density at radius 1 is 1.73 bits per heavy atom. The van der Waals surface area contributed by atoms with Gasteiger partial charge in [-0.05, 0) is 6.92 Å². The molecule has 0 atom stereocenters. The Morgan fingerprint density at radius 2 is 2.40 bits per heavy atom. The zero-order valence-corrected chi connectivity index (χ0v) is 8.91. The van der Waals surface area contributed by atoms with Gasteiger partial charge in [-0.2, -0.15) is 0 Å². The SMILES string of the molecule is C=C(C)CNc1cc([N+](=O)[O-])cc(Cl)n1. The third kappa shape index (κ3) is 3.55. The van der Waals surface area contributed by atoms with Gasteiger partial charge in [-0.1, -0.05) is 23.8 Å². The Morgan fingerprint density at radius 3 is 2.93 bits per heavy atom. The number of aromatic nitrogens is 1. The molecule has 0 aliphatic heterocycles. The number of anilines is 1. The van der Waals surface area contributed by atoms with E-state index in [4.69, 9.17) is 11.6 Å². The van der Waals surface area contributed by atoms with Crippen molar-refractivity contribution in [3.8, 4) is 0 Å². The highest BCUT2D eigenvalue weighted by Gasteiger charge is 2.09. The second kappa shape index (κ2) is 4.75. The van der Waals surface area contributed by atoms with Crippen LogP contribution in [0.3, 0.4) is 0 Å². The molecule has 80 valence electrons. The first kappa shape index (κ1) is 11.5. The van der Waals surface area contributed by atoms with Crippen LogP contribution in [-0.2, 0) is 0 Å². The number of nitrogens with zero attached hydrogens (tertiary/aromatic N) is 2. The molecule has 0 saturated carbocycles. The van der Waals surface area contributed by atoms with Crippen LogP contribution in [0, 0.1) is 10.1 Å². The van der Waals surface area contributed by atoms with Gasteiger partial charge in [0.25, 0.3) is 5.69 Å². The van der Waals surface area contributed by atoms with Crippen LogP contribution in [0.5, 0.6) is 0 Å². The van der Waals surface area contributed by atoms with E-state index in [2.05, 4.69) is 16.9 Å². The van der Waals surface area contributed by atoms with Crippen molar-refractivity contribution in [3.63, 3.8) is 0 Å². The van der Waals surface area contributed by atoms with Crippen molar-refractivity contribution in [3.05, 3.63) is 39.6 Å². The summed E-state index contributed by atoms with van der Waals surface area (Å²) >= 11 is 5.63. The Bertz CT molecular complexity index is 406. The minimum absolute atomic E-state index is 0.0841. The van der Waals surface area contributed by atoms with Crippen LogP contribution in [0.2, 0.25) is 5.15 Å². The fourth-order valence-electron chi connectivity index (χ4n) is 0.921. The van der Waals surface area contributed by atoms with Crippen LogP contribution in [0.15, 0.2) is 24.3 Å². The Labute approximate surface area is 91.9 Å². The highest BCUT2D eigenvalue weighted by Crippen LogP contribution is 2.20. The van der Waals surface area contributed by atoms with E-state index >= 15 is 0 Å². The molecule has 0 saturated heterocycles. The summed E-state index contributed by atoms with van der Waals surface area (Å²) in [7, 11) is 0. The van der Waals surface area contributed by atoms with Crippen molar-refractivity contribution >= 4 is 23.1 Å². The molecule has 15 heavy (non-hydrogen) atoms. The maximum atomic E-state index is 10.5. The lowest BCUT2D eigenvalue weighted by Crippen LogP contribution is -2.04. The molecule has 5 nitrogen and oxygen atoms in total. The van der Waals surface area contributed by atoms with Crippen molar-refractivity contribution in [2.45, 2.75) is 6.92 Å². The molecule has 0 fully saturated rings. The number of pyridine rings is 1. The number of hydrogen-bond donors (Lipinski definition) is 1. The topological polar surface area (TPSA) is 68.1 Å². The van der Waals surface area contributed by atoms with E-state index in [0.717, 1.165) is 5.57 Å². The summed E-state index contributed by atoms with van der Waals surface area (Å²) in [6, 6.07) is 2.53. The van der Waals surface area contributed by atoms with Gasteiger partial charge in [-0.3, -0.25) is 10.1 Å². The van der Waals surface area contributed by atoms with Gasteiger partial charge >= 0.3 is 0 Å². The maximum absolute atomic E-state index is 10.5. The van der Waals surface area contributed by atoms with Gasteiger partial charge in [-0.15, -0.1) is 0 Å². The molecule has 1 rings (SSSR count). The Balaban J connectivity index is 2.88. The van der Waals surface area contributed by atoms with Crippen LogP contribution < -0.4 is 5.32 Å². The highest BCUT2D eigenvalue weighted by atomic mass is 35.5. The summed E-state index contributed by atoms with van der Waals surface area (Å²) in [4.78, 5) is 13.9. The lowest BCUT2D eigenvalue weighted by molar-refractivity contribution is -0.384. The highest BCUT2D eigenvalue weighted by molar-refractivity contribution is 6.29. The average Bonchev–Trinajstić information content (AvgIpc) is 2.13. The predicted molar refractivity (Wildman–Crippen MR) is 59.2 cm³/mol. The van der Waals surface area contributed by atoms with E-state index in [1.54, 1.807) is 0 Å². The molecule has 0 aliphatic rings. The van der Waals surface area contributed by atoms with E-state index in [1.807, 2.05) is 6.92 Å². The van der Waals surface area contributed by atoms with E-state index < -0.39 is 4.92 Å². The Kier molecular flexibility index (Phi) is 3.62. The quantitative estimate of drug-likeness (QED) is 0.372. The van der Waals surface area contributed by atoms with Gasteiger partial charge in [0.05, 0.1) is 17.1 Å². The number of rotatable bonds is 4. The van der Waals surface area contributed by atoms with Crippen LogP contribution in [-0.4, -0.2) is 16.5 Å². The minimum atomic E-state index is -0.514. The molecule has 1 N–H and O–H groups in total. The summed E-state index contributed by atoms with van der Waals surface area (Å²) in [5.41, 5.74) is 0.818. The zero-order valence-electron chi connectivity index (χ0n) is 8.16. The summed E-state index contributed by atoms with van der Waals surface area (Å²) in [6.07, 6.45) is 0.